The molecule has 10 heteroatoms. The fourth-order valence-electron chi connectivity index (χ4n) is 5.70. The van der Waals surface area contributed by atoms with Crippen molar-refractivity contribution in [3.05, 3.63) is 150 Å². The first-order valence-corrected chi connectivity index (χ1v) is 13.2. The quantitative estimate of drug-likeness (QED) is 0.216. The zero-order chi connectivity index (χ0) is 33.5. The highest BCUT2D eigenvalue weighted by Crippen LogP contribution is 2.55. The summed E-state index contributed by atoms with van der Waals surface area (Å²) < 4.78 is 40.8. The number of hydrogen-bond acceptors (Lipinski definition) is 4. The first-order chi connectivity index (χ1) is 22.0. The van der Waals surface area contributed by atoms with Crippen LogP contribution in [0.2, 0.25) is 0 Å². The summed E-state index contributed by atoms with van der Waals surface area (Å²) >= 11 is 0. The Labute approximate surface area is 261 Å². The average Bonchev–Trinajstić information content (AvgIpc) is 3.53. The third-order valence-corrected chi connectivity index (χ3v) is 7.87. The van der Waals surface area contributed by atoms with Crippen LogP contribution in [-0.4, -0.2) is 0 Å². The summed E-state index contributed by atoms with van der Waals surface area (Å²) in [5.41, 5.74) is 1.20. The van der Waals surface area contributed by atoms with Gasteiger partial charge >= 0.3 is 6.18 Å². The zero-order valence-corrected chi connectivity index (χ0v) is 23.9. The molecule has 0 unspecified atom stereocenters. The third kappa shape index (κ3) is 4.47. The SMILES string of the molecule is [C-]#[N+]C1=C(c2ccc(C)c(C)c2)/C(=C(/C#N)[N+]#[C-])c2cc3c(cc21)/C(=C(/C#N)[N+]#[C-])C(c1ccc(C(F)(F)F)c(C#N)c1)=C3C#N. The number of nitrogens with zero attached hydrogens (tertiary/aromatic N) is 7. The summed E-state index contributed by atoms with van der Waals surface area (Å²) in [7, 11) is 0. The van der Waals surface area contributed by atoms with Crippen molar-refractivity contribution < 1.29 is 13.2 Å². The summed E-state index contributed by atoms with van der Waals surface area (Å²) in [6.07, 6.45) is -4.83. The van der Waals surface area contributed by atoms with Crippen molar-refractivity contribution in [1.82, 2.24) is 0 Å². The molecule has 0 amide bonds. The molecule has 3 aromatic carbocycles. The van der Waals surface area contributed by atoms with Gasteiger partial charge in [-0.25, -0.2) is 25.1 Å². The van der Waals surface area contributed by atoms with Crippen LogP contribution < -0.4 is 0 Å². The van der Waals surface area contributed by atoms with E-state index in [1.54, 1.807) is 12.1 Å². The van der Waals surface area contributed by atoms with Crippen LogP contribution in [0.3, 0.4) is 0 Å². The van der Waals surface area contributed by atoms with Gasteiger partial charge in [0.15, 0.2) is 0 Å². The number of nitriles is 4. The molecule has 0 atom stereocenters. The maximum Gasteiger partial charge on any atom is 0.417 e. The Morgan fingerprint density at radius 3 is 1.76 bits per heavy atom. The van der Waals surface area contributed by atoms with E-state index in [1.807, 2.05) is 38.1 Å². The normalized spacial score (nSPS) is 15.3. The van der Waals surface area contributed by atoms with Crippen LogP contribution in [0.4, 0.5) is 13.2 Å². The molecule has 0 heterocycles. The molecule has 0 fully saturated rings. The van der Waals surface area contributed by atoms with Gasteiger partial charge < -0.3 is 0 Å². The summed E-state index contributed by atoms with van der Waals surface area (Å²) in [6, 6.07) is 18.5. The second kappa shape index (κ2) is 11.2. The Kier molecular flexibility index (Phi) is 7.35. The van der Waals surface area contributed by atoms with Gasteiger partial charge in [-0.3, -0.25) is 0 Å². The van der Waals surface area contributed by atoms with Gasteiger partial charge in [-0.1, -0.05) is 30.3 Å². The van der Waals surface area contributed by atoms with E-state index in [1.165, 1.54) is 18.2 Å². The Morgan fingerprint density at radius 1 is 0.674 bits per heavy atom. The number of rotatable bonds is 2. The molecule has 0 aliphatic heterocycles. The zero-order valence-electron chi connectivity index (χ0n) is 23.9. The Bertz CT molecular complexity index is 2350. The van der Waals surface area contributed by atoms with E-state index in [-0.39, 0.29) is 55.9 Å². The standard InChI is InChI=1S/C36H14F3N7/c1-18-6-7-20(10-19(18)2)32-34(30(17-43)45-4)25-12-23-24(13-26(25)35(32)46-5)33(29(16-42)44-3)31(27(23)15-41)21-8-9-28(36(37,38)39)22(11-21)14-40/h6-13H,1-2H3/b33-29+,34-30-. The van der Waals surface area contributed by atoms with Crippen LogP contribution in [0.5, 0.6) is 0 Å². The van der Waals surface area contributed by atoms with Crippen LogP contribution >= 0.6 is 0 Å². The molecular formula is C36H14F3N7. The van der Waals surface area contributed by atoms with Gasteiger partial charge in [-0.2, -0.15) is 23.7 Å². The molecule has 7 nitrogen and oxygen atoms in total. The van der Waals surface area contributed by atoms with Crippen LogP contribution in [0.1, 0.15) is 55.6 Å². The first kappa shape index (κ1) is 30.3. The van der Waals surface area contributed by atoms with Crippen molar-refractivity contribution in [3.8, 4) is 24.3 Å². The fourth-order valence-corrected chi connectivity index (χ4v) is 5.70. The number of allylic oxidation sites excluding steroid dienone is 7. The molecule has 2 aliphatic rings. The van der Waals surface area contributed by atoms with Crippen LogP contribution in [0.15, 0.2) is 59.9 Å². The third-order valence-electron chi connectivity index (χ3n) is 7.87. The Hall–Kier alpha value is -7.16. The van der Waals surface area contributed by atoms with Crippen molar-refractivity contribution in [2.75, 3.05) is 0 Å². The molecule has 2 aliphatic carbocycles. The molecule has 3 aromatic rings. The molecule has 0 bridgehead atoms. The molecule has 0 radical (unpaired) electrons. The van der Waals surface area contributed by atoms with E-state index < -0.39 is 23.0 Å². The minimum absolute atomic E-state index is 0.00439. The highest BCUT2D eigenvalue weighted by atomic mass is 19.4. The van der Waals surface area contributed by atoms with E-state index in [2.05, 4.69) is 14.5 Å². The maximum atomic E-state index is 13.6. The lowest BCUT2D eigenvalue weighted by Crippen LogP contribution is -2.08. The Morgan fingerprint density at radius 2 is 1.24 bits per heavy atom. The van der Waals surface area contributed by atoms with Gasteiger partial charge in [-0.05, 0) is 93.3 Å². The summed E-state index contributed by atoms with van der Waals surface area (Å²) in [5.74, 6) is 0. The van der Waals surface area contributed by atoms with E-state index >= 15 is 0 Å². The maximum absolute atomic E-state index is 13.6. The van der Waals surface area contributed by atoms with Gasteiger partial charge in [-0.15, -0.1) is 0 Å². The molecule has 0 saturated heterocycles. The van der Waals surface area contributed by atoms with Gasteiger partial charge in [0, 0.05) is 5.57 Å². The van der Waals surface area contributed by atoms with E-state index in [0.717, 1.165) is 23.3 Å². The summed E-state index contributed by atoms with van der Waals surface area (Å²) in [6.45, 7) is 27.3. The van der Waals surface area contributed by atoms with E-state index in [0.29, 0.717) is 22.8 Å². The van der Waals surface area contributed by atoms with Gasteiger partial charge in [0.2, 0.25) is 5.70 Å². The van der Waals surface area contributed by atoms with E-state index in [9.17, 15) is 34.2 Å². The largest absolute Gasteiger partial charge is 0.417 e. The monoisotopic (exact) mass is 601 g/mol. The second-order valence-corrected chi connectivity index (χ2v) is 10.2. The molecule has 0 saturated carbocycles. The molecule has 46 heavy (non-hydrogen) atoms. The number of hydrogen-bond donors (Lipinski definition) is 0. The van der Waals surface area contributed by atoms with Crippen LogP contribution in [0, 0.1) is 78.9 Å². The predicted octanol–water partition coefficient (Wildman–Crippen LogP) is 8.75. The second-order valence-electron chi connectivity index (χ2n) is 10.2. The molecule has 214 valence electrons. The number of aryl methyl sites for hydroxylation is 2. The number of benzene rings is 3. The van der Waals surface area contributed by atoms with Gasteiger partial charge in [0.1, 0.15) is 6.07 Å². The van der Waals surface area contributed by atoms with Crippen molar-refractivity contribution in [3.63, 3.8) is 0 Å². The topological polar surface area (TPSA) is 108 Å². The highest BCUT2D eigenvalue weighted by molar-refractivity contribution is 6.29. The van der Waals surface area contributed by atoms with E-state index in [4.69, 9.17) is 19.7 Å². The number of fused-ring (bicyclic) bond motifs is 2. The first-order valence-electron chi connectivity index (χ1n) is 13.2. The lowest BCUT2D eigenvalue weighted by molar-refractivity contribution is -0.137. The van der Waals surface area contributed by atoms with Gasteiger partial charge in [0.25, 0.3) is 11.4 Å². The predicted molar refractivity (Wildman–Crippen MR) is 163 cm³/mol. The number of halogens is 3. The minimum Gasteiger partial charge on any atom is -0.237 e. The van der Waals surface area contributed by atoms with Crippen LogP contribution in [-0.2, 0) is 6.18 Å². The minimum atomic E-state index is -4.83. The highest BCUT2D eigenvalue weighted by Gasteiger charge is 2.38. The summed E-state index contributed by atoms with van der Waals surface area (Å²) in [4.78, 5) is 10.5. The lowest BCUT2D eigenvalue weighted by atomic mass is 9.91. The molecule has 0 aromatic heterocycles. The Balaban J connectivity index is 1.91. The molecular weight excluding hydrogens is 587 g/mol. The molecule has 0 spiro atoms. The lowest BCUT2D eigenvalue weighted by Gasteiger charge is -2.13. The van der Waals surface area contributed by atoms with Crippen molar-refractivity contribution in [2.45, 2.75) is 20.0 Å². The summed E-state index contributed by atoms with van der Waals surface area (Å²) in [5, 5.41) is 39.8. The fraction of sp³-hybridized carbons (Fsp3) is 0.0833. The van der Waals surface area contributed by atoms with Crippen molar-refractivity contribution >= 4 is 33.6 Å². The van der Waals surface area contributed by atoms with Crippen molar-refractivity contribution in [2.24, 2.45) is 0 Å². The smallest absolute Gasteiger partial charge is 0.237 e. The molecule has 5 rings (SSSR count). The van der Waals surface area contributed by atoms with Gasteiger partial charge in [0.05, 0.1) is 54.6 Å². The van der Waals surface area contributed by atoms with Crippen molar-refractivity contribution in [1.29, 1.82) is 21.0 Å². The molecule has 0 N–H and O–H groups in total. The average molecular weight is 602 g/mol. The number of alkyl halides is 3. The van der Waals surface area contributed by atoms with Crippen LogP contribution in [0.25, 0.3) is 48.1 Å².